The molecule has 0 spiro atoms. The predicted molar refractivity (Wildman–Crippen MR) is 29.4 cm³/mol. The van der Waals surface area contributed by atoms with Crippen LogP contribution in [0.2, 0.25) is 0 Å². The van der Waals surface area contributed by atoms with Gasteiger partial charge in [-0.05, 0) is 6.92 Å². The maximum absolute atomic E-state index is 11.2. The summed E-state index contributed by atoms with van der Waals surface area (Å²) < 4.78 is 11.2. The van der Waals surface area contributed by atoms with Gasteiger partial charge >= 0.3 is 0 Å². The van der Waals surface area contributed by atoms with Gasteiger partial charge in [-0.2, -0.15) is 0 Å². The third-order valence-electron chi connectivity index (χ3n) is 0.399. The van der Waals surface area contributed by atoms with Crippen LogP contribution in [0.4, 0.5) is 4.39 Å². The number of halogens is 1. The lowest BCUT2D eigenvalue weighted by atomic mass is 10.6. The Hall–Kier alpha value is 0.100. The van der Waals surface area contributed by atoms with Crippen molar-refractivity contribution in [2.45, 2.75) is 6.92 Å². The third kappa shape index (κ3) is 4.10. The Labute approximate surface area is 39.6 Å². The molecule has 0 aromatic carbocycles. The van der Waals surface area contributed by atoms with E-state index in [1.807, 2.05) is 6.92 Å². The Balaban J connectivity index is 3.14. The van der Waals surface area contributed by atoms with Crippen LogP contribution in [0.25, 0.3) is 0 Å². The summed E-state index contributed by atoms with van der Waals surface area (Å²) in [7, 11) is 2.40. The number of hydrogen-bond acceptors (Lipinski definition) is 0. The highest BCUT2D eigenvalue weighted by Gasteiger charge is 1.70. The minimum atomic E-state index is -0.352. The van der Waals surface area contributed by atoms with E-state index in [1.165, 1.54) is 6.08 Å². The summed E-state index contributed by atoms with van der Waals surface area (Å²) in [6.45, 7) is 1.49. The number of allylic oxidation sites excluding steroid dienone is 2. The van der Waals surface area contributed by atoms with Gasteiger partial charge in [-0.15, -0.1) is 9.24 Å². The molecule has 0 aliphatic rings. The van der Waals surface area contributed by atoms with Crippen molar-refractivity contribution >= 4 is 9.24 Å². The second-order valence-corrected chi connectivity index (χ2v) is 2.01. The fourth-order valence-electron chi connectivity index (χ4n) is 0.122. The van der Waals surface area contributed by atoms with Crippen molar-refractivity contribution in [2.75, 3.05) is 6.67 Å². The molecule has 0 aromatic rings. The van der Waals surface area contributed by atoms with E-state index in [-0.39, 0.29) is 6.67 Å². The van der Waals surface area contributed by atoms with Gasteiger partial charge in [0.25, 0.3) is 0 Å². The number of alkyl halides is 1. The average molecular weight is 106 g/mol. The van der Waals surface area contributed by atoms with Crippen LogP contribution >= 0.6 is 9.24 Å². The molecule has 36 valence electrons. The van der Waals surface area contributed by atoms with Crippen LogP contribution < -0.4 is 0 Å². The molecule has 0 nitrogen and oxygen atoms in total. The van der Waals surface area contributed by atoms with Crippen LogP contribution in [0.5, 0.6) is 0 Å². The zero-order chi connectivity index (χ0) is 4.99. The second kappa shape index (κ2) is 3.30. The van der Waals surface area contributed by atoms with Crippen molar-refractivity contribution < 1.29 is 4.39 Å². The molecule has 0 radical (unpaired) electrons. The zero-order valence-electron chi connectivity index (χ0n) is 3.74. The van der Waals surface area contributed by atoms with E-state index in [1.54, 1.807) is 0 Å². The molecule has 1 atom stereocenters. The number of rotatable bonds is 1. The first-order chi connectivity index (χ1) is 2.77. The molecule has 0 N–H and O–H groups in total. The summed E-state index contributed by atoms with van der Waals surface area (Å²) in [6, 6.07) is 0. The summed E-state index contributed by atoms with van der Waals surface area (Å²) >= 11 is 0. The van der Waals surface area contributed by atoms with Crippen LogP contribution in [0.1, 0.15) is 6.92 Å². The maximum atomic E-state index is 11.2. The molecule has 0 saturated carbocycles. The van der Waals surface area contributed by atoms with E-state index in [9.17, 15) is 4.39 Å². The maximum Gasteiger partial charge on any atom is 0.108 e. The van der Waals surface area contributed by atoms with E-state index in [0.717, 1.165) is 5.31 Å². The minimum Gasteiger partial charge on any atom is -0.247 e. The van der Waals surface area contributed by atoms with Crippen LogP contribution in [-0.4, -0.2) is 6.67 Å². The van der Waals surface area contributed by atoms with Gasteiger partial charge in [-0.1, -0.05) is 11.4 Å². The lowest BCUT2D eigenvalue weighted by Gasteiger charge is -1.78. The van der Waals surface area contributed by atoms with Gasteiger partial charge in [0.05, 0.1) is 0 Å². The van der Waals surface area contributed by atoms with Gasteiger partial charge in [0.2, 0.25) is 0 Å². The first-order valence-electron chi connectivity index (χ1n) is 1.75. The van der Waals surface area contributed by atoms with Crippen molar-refractivity contribution in [2.24, 2.45) is 0 Å². The van der Waals surface area contributed by atoms with E-state index < -0.39 is 0 Å². The second-order valence-electron chi connectivity index (χ2n) is 1.10. The van der Waals surface area contributed by atoms with E-state index in [2.05, 4.69) is 9.24 Å². The third-order valence-corrected chi connectivity index (χ3v) is 0.635. The highest BCUT2D eigenvalue weighted by atomic mass is 31.0. The molecule has 0 saturated heterocycles. The highest BCUT2D eigenvalue weighted by Crippen LogP contribution is 2.00. The topological polar surface area (TPSA) is 0 Å². The molecule has 0 fully saturated rings. The molecule has 0 heterocycles. The van der Waals surface area contributed by atoms with Crippen molar-refractivity contribution in [3.05, 3.63) is 11.4 Å². The fraction of sp³-hybridized carbons (Fsp3) is 0.500. The lowest BCUT2D eigenvalue weighted by Crippen LogP contribution is -1.60. The van der Waals surface area contributed by atoms with Crippen LogP contribution in [0, 0.1) is 0 Å². The van der Waals surface area contributed by atoms with Crippen LogP contribution in [0.3, 0.4) is 0 Å². The quantitative estimate of drug-likeness (QED) is 0.446. The predicted octanol–water partition coefficient (Wildman–Crippen LogP) is 1.73. The number of hydrogen-bond donors (Lipinski definition) is 0. The molecular weight excluding hydrogens is 98.0 g/mol. The molecular formula is C4H8FP. The first-order valence-corrected chi connectivity index (χ1v) is 2.33. The SMILES string of the molecule is C/C(P)=C\CF. The van der Waals surface area contributed by atoms with Crippen LogP contribution in [-0.2, 0) is 0 Å². The molecule has 0 bridgehead atoms. The van der Waals surface area contributed by atoms with E-state index in [0.29, 0.717) is 0 Å². The molecule has 0 aliphatic heterocycles. The Morgan fingerprint density at radius 1 is 2.00 bits per heavy atom. The Bertz CT molecular complexity index is 54.6. The van der Waals surface area contributed by atoms with Gasteiger partial charge in [-0.3, -0.25) is 0 Å². The normalized spacial score (nSPS) is 12.2. The molecule has 2 heteroatoms. The van der Waals surface area contributed by atoms with Gasteiger partial charge in [0.1, 0.15) is 6.67 Å². The molecule has 1 unspecified atom stereocenters. The Kier molecular flexibility index (Phi) is 3.35. The van der Waals surface area contributed by atoms with Gasteiger partial charge < -0.3 is 0 Å². The van der Waals surface area contributed by atoms with Crippen molar-refractivity contribution in [3.8, 4) is 0 Å². The molecule has 0 aromatic heterocycles. The van der Waals surface area contributed by atoms with Crippen molar-refractivity contribution in [1.29, 1.82) is 0 Å². The minimum absolute atomic E-state index is 0.352. The summed E-state index contributed by atoms with van der Waals surface area (Å²) in [5, 5.41) is 0.956. The first kappa shape index (κ1) is 6.10. The van der Waals surface area contributed by atoms with Crippen molar-refractivity contribution in [1.82, 2.24) is 0 Å². The summed E-state index contributed by atoms with van der Waals surface area (Å²) in [5.41, 5.74) is 0. The molecule has 0 amide bonds. The van der Waals surface area contributed by atoms with Gasteiger partial charge in [0.15, 0.2) is 0 Å². The standard InChI is InChI=1S/C4H8FP/c1-4(6)2-3-5/h2H,3,6H2,1H3/b4-2+. The largest absolute Gasteiger partial charge is 0.247 e. The van der Waals surface area contributed by atoms with Crippen LogP contribution in [0.15, 0.2) is 11.4 Å². The molecule has 6 heavy (non-hydrogen) atoms. The summed E-state index contributed by atoms with van der Waals surface area (Å²) in [5.74, 6) is 0. The summed E-state index contributed by atoms with van der Waals surface area (Å²) in [6.07, 6.45) is 1.50. The smallest absolute Gasteiger partial charge is 0.108 e. The van der Waals surface area contributed by atoms with E-state index >= 15 is 0 Å². The fourth-order valence-corrected chi connectivity index (χ4v) is 0.211. The molecule has 0 aliphatic carbocycles. The van der Waals surface area contributed by atoms with E-state index in [4.69, 9.17) is 0 Å². The monoisotopic (exact) mass is 106 g/mol. The zero-order valence-corrected chi connectivity index (χ0v) is 4.89. The van der Waals surface area contributed by atoms with Gasteiger partial charge in [-0.25, -0.2) is 4.39 Å². The van der Waals surface area contributed by atoms with Gasteiger partial charge in [0, 0.05) is 0 Å². The summed E-state index contributed by atoms with van der Waals surface area (Å²) in [4.78, 5) is 0. The Morgan fingerprint density at radius 2 is 2.50 bits per heavy atom. The highest BCUT2D eigenvalue weighted by molar-refractivity contribution is 7.22. The Morgan fingerprint density at radius 3 is 2.50 bits per heavy atom. The molecule has 0 rings (SSSR count). The lowest BCUT2D eigenvalue weighted by molar-refractivity contribution is 0.561. The van der Waals surface area contributed by atoms with Crippen molar-refractivity contribution in [3.63, 3.8) is 0 Å². The average Bonchev–Trinajstić information content (AvgIpc) is 1.35.